The van der Waals surface area contributed by atoms with Gasteiger partial charge in [-0.1, -0.05) is 6.42 Å². The second-order valence-electron chi connectivity index (χ2n) is 4.77. The summed E-state index contributed by atoms with van der Waals surface area (Å²) in [5.41, 5.74) is 2.22. The van der Waals surface area contributed by atoms with E-state index < -0.39 is 0 Å². The highest BCUT2D eigenvalue weighted by molar-refractivity contribution is 9.10. The van der Waals surface area contributed by atoms with E-state index >= 15 is 0 Å². The van der Waals surface area contributed by atoms with Gasteiger partial charge in [0.05, 0.1) is 22.5 Å². The number of aliphatic hydroxyl groups is 1. The first kappa shape index (κ1) is 13.1. The van der Waals surface area contributed by atoms with Gasteiger partial charge in [-0.25, -0.2) is 0 Å². The maximum atomic E-state index is 9.41. The van der Waals surface area contributed by atoms with Gasteiger partial charge in [-0.05, 0) is 42.2 Å². The molecule has 1 fully saturated rings. The molecule has 0 amide bonds. The van der Waals surface area contributed by atoms with Crippen molar-refractivity contribution in [2.24, 2.45) is 7.05 Å². The van der Waals surface area contributed by atoms with Crippen LogP contribution in [0.25, 0.3) is 0 Å². The van der Waals surface area contributed by atoms with E-state index in [0.29, 0.717) is 6.04 Å². The first-order valence-electron chi connectivity index (χ1n) is 6.16. The average Bonchev–Trinajstić information content (AvgIpc) is 2.57. The van der Waals surface area contributed by atoms with Gasteiger partial charge in [0.25, 0.3) is 0 Å². The maximum Gasteiger partial charge on any atom is 0.0739 e. The third kappa shape index (κ3) is 2.72. The Hall–Kier alpha value is -0.390. The monoisotopic (exact) mass is 301 g/mol. The molecule has 0 saturated carbocycles. The molecule has 2 heterocycles. The summed E-state index contributed by atoms with van der Waals surface area (Å²) in [4.78, 5) is 2.37. The molecule has 0 radical (unpaired) electrons. The van der Waals surface area contributed by atoms with Crippen molar-refractivity contribution in [2.45, 2.75) is 38.8 Å². The lowest BCUT2D eigenvalue weighted by Gasteiger charge is -2.34. The summed E-state index contributed by atoms with van der Waals surface area (Å²) in [6, 6.07) is 0.311. The Morgan fingerprint density at radius 1 is 1.47 bits per heavy atom. The van der Waals surface area contributed by atoms with Crippen molar-refractivity contribution >= 4 is 15.9 Å². The number of aryl methyl sites for hydroxylation is 2. The van der Waals surface area contributed by atoms with Crippen molar-refractivity contribution in [1.82, 2.24) is 14.7 Å². The summed E-state index contributed by atoms with van der Waals surface area (Å²) >= 11 is 3.60. The quantitative estimate of drug-likeness (QED) is 0.926. The van der Waals surface area contributed by atoms with E-state index in [1.807, 2.05) is 18.7 Å². The Balaban J connectivity index is 2.13. The van der Waals surface area contributed by atoms with Crippen LogP contribution in [0.15, 0.2) is 4.47 Å². The van der Waals surface area contributed by atoms with Gasteiger partial charge in [-0.3, -0.25) is 9.58 Å². The molecular formula is C12H20BrN3O. The van der Waals surface area contributed by atoms with E-state index in [-0.39, 0.29) is 6.61 Å². The third-order valence-corrected chi connectivity index (χ3v) is 4.61. The molecule has 0 aromatic carbocycles. The third-order valence-electron chi connectivity index (χ3n) is 3.57. The lowest BCUT2D eigenvalue weighted by molar-refractivity contribution is 0.0819. The highest BCUT2D eigenvalue weighted by atomic mass is 79.9. The fourth-order valence-electron chi connectivity index (χ4n) is 2.52. The summed E-state index contributed by atoms with van der Waals surface area (Å²) in [5.74, 6) is 0. The van der Waals surface area contributed by atoms with Crippen LogP contribution in [0.5, 0.6) is 0 Å². The minimum atomic E-state index is 0.258. The molecule has 1 atom stereocenters. The fourth-order valence-corrected chi connectivity index (χ4v) is 2.98. The van der Waals surface area contributed by atoms with E-state index in [9.17, 15) is 5.11 Å². The first-order chi connectivity index (χ1) is 8.13. The summed E-state index contributed by atoms with van der Waals surface area (Å²) in [6.45, 7) is 4.20. The molecule has 1 N–H and O–H groups in total. The highest BCUT2D eigenvalue weighted by Crippen LogP contribution is 2.25. The van der Waals surface area contributed by atoms with Crippen molar-refractivity contribution in [1.29, 1.82) is 0 Å². The molecule has 0 spiro atoms. The zero-order chi connectivity index (χ0) is 12.4. The van der Waals surface area contributed by atoms with Crippen LogP contribution >= 0.6 is 15.9 Å². The van der Waals surface area contributed by atoms with Crippen LogP contribution in [-0.4, -0.2) is 39.0 Å². The molecule has 2 rings (SSSR count). The minimum absolute atomic E-state index is 0.258. The van der Waals surface area contributed by atoms with Crippen molar-refractivity contribution in [3.8, 4) is 0 Å². The molecule has 96 valence electrons. The SMILES string of the molecule is Cc1nn(C)c(CN2CCCCC2CO)c1Br. The highest BCUT2D eigenvalue weighted by Gasteiger charge is 2.24. The van der Waals surface area contributed by atoms with Crippen molar-refractivity contribution < 1.29 is 5.11 Å². The van der Waals surface area contributed by atoms with Crippen LogP contribution < -0.4 is 0 Å². The van der Waals surface area contributed by atoms with Gasteiger partial charge in [0.15, 0.2) is 0 Å². The van der Waals surface area contributed by atoms with Gasteiger partial charge in [-0.2, -0.15) is 5.10 Å². The number of hydrogen-bond acceptors (Lipinski definition) is 3. The number of piperidine rings is 1. The zero-order valence-electron chi connectivity index (χ0n) is 10.5. The first-order valence-corrected chi connectivity index (χ1v) is 6.95. The lowest BCUT2D eigenvalue weighted by atomic mass is 10.0. The van der Waals surface area contributed by atoms with Gasteiger partial charge in [0, 0.05) is 19.6 Å². The minimum Gasteiger partial charge on any atom is -0.395 e. The predicted octanol–water partition coefficient (Wildman–Crippen LogP) is 1.84. The van der Waals surface area contributed by atoms with Crippen LogP contribution in [0.3, 0.4) is 0 Å². The Labute approximate surface area is 111 Å². The van der Waals surface area contributed by atoms with Crippen molar-refractivity contribution in [3.05, 3.63) is 15.9 Å². The second-order valence-corrected chi connectivity index (χ2v) is 5.57. The summed E-state index contributed by atoms with van der Waals surface area (Å²) in [7, 11) is 1.98. The molecule has 0 aliphatic carbocycles. The average molecular weight is 302 g/mol. The van der Waals surface area contributed by atoms with Crippen LogP contribution in [-0.2, 0) is 13.6 Å². The largest absolute Gasteiger partial charge is 0.395 e. The molecule has 5 heteroatoms. The van der Waals surface area contributed by atoms with Crippen molar-refractivity contribution in [3.63, 3.8) is 0 Å². The lowest BCUT2D eigenvalue weighted by Crippen LogP contribution is -2.41. The molecule has 1 saturated heterocycles. The molecular weight excluding hydrogens is 282 g/mol. The van der Waals surface area contributed by atoms with Gasteiger partial charge in [0.1, 0.15) is 0 Å². The normalized spacial score (nSPS) is 22.0. The maximum absolute atomic E-state index is 9.41. The molecule has 1 unspecified atom stereocenters. The summed E-state index contributed by atoms with van der Waals surface area (Å²) in [5, 5.41) is 13.8. The Morgan fingerprint density at radius 3 is 2.82 bits per heavy atom. The fraction of sp³-hybridized carbons (Fsp3) is 0.750. The predicted molar refractivity (Wildman–Crippen MR) is 70.8 cm³/mol. The molecule has 4 nitrogen and oxygen atoms in total. The zero-order valence-corrected chi connectivity index (χ0v) is 12.1. The number of halogens is 1. The summed E-state index contributed by atoms with van der Waals surface area (Å²) in [6.07, 6.45) is 3.56. The number of aromatic nitrogens is 2. The molecule has 1 aliphatic rings. The number of aliphatic hydroxyl groups excluding tert-OH is 1. The number of nitrogens with zero attached hydrogens (tertiary/aromatic N) is 3. The number of hydrogen-bond donors (Lipinski definition) is 1. The van der Waals surface area contributed by atoms with E-state index in [1.54, 1.807) is 0 Å². The smallest absolute Gasteiger partial charge is 0.0739 e. The molecule has 17 heavy (non-hydrogen) atoms. The van der Waals surface area contributed by atoms with E-state index in [1.165, 1.54) is 18.5 Å². The van der Waals surface area contributed by atoms with E-state index in [0.717, 1.165) is 29.7 Å². The van der Waals surface area contributed by atoms with Crippen LogP contribution in [0.1, 0.15) is 30.7 Å². The molecule has 1 aliphatic heterocycles. The van der Waals surface area contributed by atoms with Gasteiger partial charge >= 0.3 is 0 Å². The van der Waals surface area contributed by atoms with Crippen molar-refractivity contribution in [2.75, 3.05) is 13.2 Å². The molecule has 1 aromatic rings. The van der Waals surface area contributed by atoms with Gasteiger partial charge in [0.2, 0.25) is 0 Å². The van der Waals surface area contributed by atoms with E-state index in [2.05, 4.69) is 25.9 Å². The Kier molecular flexibility index (Phi) is 4.22. The van der Waals surface area contributed by atoms with Gasteiger partial charge < -0.3 is 5.11 Å². The number of likely N-dealkylation sites (tertiary alicyclic amines) is 1. The Morgan fingerprint density at radius 2 is 2.24 bits per heavy atom. The standard InChI is InChI=1S/C12H20BrN3O/c1-9-12(13)11(15(2)14-9)7-16-6-4-3-5-10(16)8-17/h10,17H,3-8H2,1-2H3. The Bertz CT molecular complexity index is 391. The van der Waals surface area contributed by atoms with Gasteiger partial charge in [-0.15, -0.1) is 0 Å². The molecule has 0 bridgehead atoms. The topological polar surface area (TPSA) is 41.3 Å². The molecule has 1 aromatic heterocycles. The number of rotatable bonds is 3. The van der Waals surface area contributed by atoms with Crippen LogP contribution in [0.4, 0.5) is 0 Å². The van der Waals surface area contributed by atoms with E-state index in [4.69, 9.17) is 0 Å². The second kappa shape index (κ2) is 5.50. The summed E-state index contributed by atoms with van der Waals surface area (Å²) < 4.78 is 3.03. The van der Waals surface area contributed by atoms with Crippen LogP contribution in [0, 0.1) is 6.92 Å². The van der Waals surface area contributed by atoms with Crippen LogP contribution in [0.2, 0.25) is 0 Å².